The Labute approximate surface area is 215 Å². The third-order valence-electron chi connectivity index (χ3n) is 6.41. The van der Waals surface area contributed by atoms with Crippen molar-refractivity contribution < 1.29 is 9.50 Å². The SMILES string of the molecule is CC(C)(C)c1[nH]nc2nc(-c3ccc(O)cc3F)c(C#N)c(-c3ccc(N4CCNCC4)cc3)c12.Cl. The summed E-state index contributed by atoms with van der Waals surface area (Å²) in [6, 6.07) is 14.3. The Morgan fingerprint density at radius 2 is 1.78 bits per heavy atom. The highest BCUT2D eigenvalue weighted by molar-refractivity contribution is 6.01. The summed E-state index contributed by atoms with van der Waals surface area (Å²) in [5.41, 5.74) is 4.21. The third kappa shape index (κ3) is 4.48. The van der Waals surface area contributed by atoms with Gasteiger partial charge in [-0.15, -0.1) is 12.4 Å². The minimum absolute atomic E-state index is 0. The van der Waals surface area contributed by atoms with Gasteiger partial charge in [0.1, 0.15) is 17.6 Å². The van der Waals surface area contributed by atoms with Crippen molar-refractivity contribution >= 4 is 29.1 Å². The van der Waals surface area contributed by atoms with Gasteiger partial charge in [0, 0.05) is 54.5 Å². The number of nitrogens with one attached hydrogen (secondary N) is 2. The molecule has 36 heavy (non-hydrogen) atoms. The van der Waals surface area contributed by atoms with Crippen LogP contribution in [0.2, 0.25) is 0 Å². The molecule has 0 amide bonds. The van der Waals surface area contributed by atoms with Gasteiger partial charge in [-0.25, -0.2) is 9.37 Å². The summed E-state index contributed by atoms with van der Waals surface area (Å²) in [5.74, 6) is -0.843. The van der Waals surface area contributed by atoms with Crippen LogP contribution in [0, 0.1) is 17.1 Å². The van der Waals surface area contributed by atoms with Crippen LogP contribution in [0.15, 0.2) is 42.5 Å². The number of aromatic nitrogens is 3. The molecule has 186 valence electrons. The first-order valence-corrected chi connectivity index (χ1v) is 11.7. The highest BCUT2D eigenvalue weighted by atomic mass is 35.5. The predicted molar refractivity (Wildman–Crippen MR) is 142 cm³/mol. The van der Waals surface area contributed by atoms with Gasteiger partial charge < -0.3 is 15.3 Å². The zero-order chi connectivity index (χ0) is 24.7. The Bertz CT molecular complexity index is 1450. The van der Waals surface area contributed by atoms with Crippen molar-refractivity contribution in [1.82, 2.24) is 20.5 Å². The number of hydrogen-bond donors (Lipinski definition) is 3. The normalized spacial score (nSPS) is 13.9. The molecule has 4 aromatic rings. The van der Waals surface area contributed by atoms with Gasteiger partial charge >= 0.3 is 0 Å². The number of rotatable bonds is 3. The van der Waals surface area contributed by atoms with Crippen LogP contribution in [0.5, 0.6) is 5.75 Å². The number of aromatic amines is 1. The molecule has 1 saturated heterocycles. The number of phenols is 1. The molecule has 0 atom stereocenters. The van der Waals surface area contributed by atoms with E-state index in [4.69, 9.17) is 0 Å². The summed E-state index contributed by atoms with van der Waals surface area (Å²) >= 11 is 0. The number of pyridine rings is 1. The van der Waals surface area contributed by atoms with Crippen molar-refractivity contribution in [2.24, 2.45) is 0 Å². The van der Waals surface area contributed by atoms with Crippen LogP contribution < -0.4 is 10.2 Å². The van der Waals surface area contributed by atoms with Crippen molar-refractivity contribution in [3.63, 3.8) is 0 Å². The van der Waals surface area contributed by atoms with Crippen LogP contribution in [0.1, 0.15) is 32.0 Å². The minimum atomic E-state index is -0.653. The van der Waals surface area contributed by atoms with Gasteiger partial charge in [-0.05, 0) is 29.8 Å². The molecule has 1 aliphatic rings. The lowest BCUT2D eigenvalue weighted by molar-refractivity contribution is 0.469. The maximum atomic E-state index is 14.9. The van der Waals surface area contributed by atoms with Gasteiger partial charge in [-0.2, -0.15) is 10.4 Å². The fourth-order valence-electron chi connectivity index (χ4n) is 4.65. The van der Waals surface area contributed by atoms with E-state index in [1.165, 1.54) is 12.1 Å². The molecule has 0 radical (unpaired) electrons. The fraction of sp³-hybridized carbons (Fsp3) is 0.296. The van der Waals surface area contributed by atoms with Crippen LogP contribution in [-0.2, 0) is 5.41 Å². The average Bonchev–Trinajstić information content (AvgIpc) is 3.28. The smallest absolute Gasteiger partial charge is 0.182 e. The lowest BCUT2D eigenvalue weighted by atomic mass is 9.85. The number of nitrogens with zero attached hydrogens (tertiary/aromatic N) is 4. The molecule has 0 unspecified atom stereocenters. The first-order chi connectivity index (χ1) is 16.8. The van der Waals surface area contributed by atoms with Crippen molar-refractivity contribution in [2.45, 2.75) is 26.2 Å². The molecule has 0 aliphatic carbocycles. The monoisotopic (exact) mass is 506 g/mol. The number of halogens is 2. The van der Waals surface area contributed by atoms with Crippen LogP contribution in [0.3, 0.4) is 0 Å². The van der Waals surface area contributed by atoms with E-state index < -0.39 is 5.82 Å². The number of piperazine rings is 1. The molecular weight excluding hydrogens is 479 g/mol. The molecule has 9 heteroatoms. The molecule has 3 heterocycles. The Kier molecular flexibility index (Phi) is 6.90. The second-order valence-corrected chi connectivity index (χ2v) is 9.82. The number of nitriles is 1. The molecule has 0 spiro atoms. The second kappa shape index (κ2) is 9.76. The lowest BCUT2D eigenvalue weighted by Crippen LogP contribution is -2.43. The zero-order valence-corrected chi connectivity index (χ0v) is 21.2. The quantitative estimate of drug-likeness (QED) is 0.356. The summed E-state index contributed by atoms with van der Waals surface area (Å²) in [5, 5.41) is 31.7. The summed E-state index contributed by atoms with van der Waals surface area (Å²) in [6.45, 7) is 9.95. The van der Waals surface area contributed by atoms with Crippen molar-refractivity contribution in [2.75, 3.05) is 31.1 Å². The largest absolute Gasteiger partial charge is 0.508 e. The van der Waals surface area contributed by atoms with Gasteiger partial charge in [0.15, 0.2) is 5.65 Å². The number of H-pyrrole nitrogens is 1. The highest BCUT2D eigenvalue weighted by Crippen LogP contribution is 2.41. The number of phenolic OH excluding ortho intramolecular Hbond substituents is 1. The predicted octanol–water partition coefficient (Wildman–Crippen LogP) is 5.14. The topological polar surface area (TPSA) is 101 Å². The van der Waals surface area contributed by atoms with Crippen LogP contribution >= 0.6 is 12.4 Å². The Balaban J connectivity index is 0.00000304. The summed E-state index contributed by atoms with van der Waals surface area (Å²) in [4.78, 5) is 6.94. The minimum Gasteiger partial charge on any atom is -0.508 e. The molecule has 2 aromatic heterocycles. The summed E-state index contributed by atoms with van der Waals surface area (Å²) in [7, 11) is 0. The van der Waals surface area contributed by atoms with Crippen LogP contribution in [0.25, 0.3) is 33.4 Å². The summed E-state index contributed by atoms with van der Waals surface area (Å²) in [6.07, 6.45) is 0. The van der Waals surface area contributed by atoms with Crippen molar-refractivity contribution in [3.8, 4) is 34.2 Å². The third-order valence-corrected chi connectivity index (χ3v) is 6.41. The number of anilines is 1. The van der Waals surface area contributed by atoms with E-state index in [1.807, 2.05) is 12.1 Å². The molecule has 0 bridgehead atoms. The highest BCUT2D eigenvalue weighted by Gasteiger charge is 2.28. The van der Waals surface area contributed by atoms with Crippen LogP contribution in [-0.4, -0.2) is 46.5 Å². The second-order valence-electron chi connectivity index (χ2n) is 9.82. The van der Waals surface area contributed by atoms with E-state index in [-0.39, 0.29) is 40.4 Å². The summed E-state index contributed by atoms with van der Waals surface area (Å²) < 4.78 is 14.9. The van der Waals surface area contributed by atoms with Gasteiger partial charge in [0.25, 0.3) is 0 Å². The van der Waals surface area contributed by atoms with Crippen molar-refractivity contribution in [3.05, 3.63) is 59.5 Å². The number of fused-ring (bicyclic) bond motifs is 1. The van der Waals surface area contributed by atoms with E-state index in [0.29, 0.717) is 11.2 Å². The maximum Gasteiger partial charge on any atom is 0.182 e. The van der Waals surface area contributed by atoms with E-state index in [0.717, 1.165) is 54.6 Å². The van der Waals surface area contributed by atoms with E-state index in [2.05, 4.69) is 64.4 Å². The standard InChI is InChI=1S/C27H27FN6O.ClH/c1-27(2,3)25-23-22(16-4-6-17(7-5-16)34-12-10-30-11-13-34)20(15-29)24(31-26(23)33-32-25)19-9-8-18(35)14-21(19)28;/h4-9,14,30,35H,10-13H2,1-3H3,(H,31,32,33);1H. The molecule has 5 rings (SSSR count). The molecule has 3 N–H and O–H groups in total. The maximum absolute atomic E-state index is 14.9. The Morgan fingerprint density at radius 3 is 2.39 bits per heavy atom. The zero-order valence-electron chi connectivity index (χ0n) is 20.4. The molecule has 2 aromatic carbocycles. The lowest BCUT2D eigenvalue weighted by Gasteiger charge is -2.29. The van der Waals surface area contributed by atoms with E-state index in [1.54, 1.807) is 0 Å². The average molecular weight is 507 g/mol. The van der Waals surface area contributed by atoms with Gasteiger partial charge in [-0.1, -0.05) is 32.9 Å². The first-order valence-electron chi connectivity index (χ1n) is 11.7. The molecular formula is C27H28ClFN6O. The molecule has 1 fully saturated rings. The fourth-order valence-corrected chi connectivity index (χ4v) is 4.65. The number of aromatic hydroxyl groups is 1. The van der Waals surface area contributed by atoms with E-state index in [9.17, 15) is 14.8 Å². The number of hydrogen-bond acceptors (Lipinski definition) is 6. The van der Waals surface area contributed by atoms with Crippen molar-refractivity contribution in [1.29, 1.82) is 5.26 Å². The van der Waals surface area contributed by atoms with E-state index >= 15 is 0 Å². The molecule has 1 aliphatic heterocycles. The Hall–Kier alpha value is -3.67. The van der Waals surface area contributed by atoms with Crippen LogP contribution in [0.4, 0.5) is 10.1 Å². The molecule has 7 nitrogen and oxygen atoms in total. The first kappa shape index (κ1) is 25.4. The number of benzene rings is 2. The van der Waals surface area contributed by atoms with Gasteiger partial charge in [-0.3, -0.25) is 5.10 Å². The van der Waals surface area contributed by atoms with Gasteiger partial charge in [0.2, 0.25) is 0 Å². The van der Waals surface area contributed by atoms with Gasteiger partial charge in [0.05, 0.1) is 22.3 Å². The Morgan fingerprint density at radius 1 is 1.08 bits per heavy atom. The molecule has 0 saturated carbocycles.